The van der Waals surface area contributed by atoms with E-state index in [9.17, 15) is 9.59 Å². The van der Waals surface area contributed by atoms with Crippen molar-refractivity contribution in [2.75, 3.05) is 31.6 Å². The Labute approximate surface area is 155 Å². The lowest BCUT2D eigenvalue weighted by atomic mass is 9.94. The van der Waals surface area contributed by atoms with Crippen LogP contribution in [0.2, 0.25) is 0 Å². The summed E-state index contributed by atoms with van der Waals surface area (Å²) in [5.74, 6) is -0.338. The van der Waals surface area contributed by atoms with Gasteiger partial charge in [0, 0.05) is 49.9 Å². The smallest absolute Gasteiger partial charge is 0.202 e. The first-order valence-electron chi connectivity index (χ1n) is 9.05. The summed E-state index contributed by atoms with van der Waals surface area (Å²) in [5, 5.41) is 9.00. The van der Waals surface area contributed by atoms with Crippen LogP contribution in [-0.2, 0) is 16.0 Å². The Hall–Kier alpha value is -2.40. The molecule has 1 aliphatic carbocycles. The van der Waals surface area contributed by atoms with Gasteiger partial charge in [0.2, 0.25) is 5.78 Å². The van der Waals surface area contributed by atoms with E-state index in [1.807, 2.05) is 12.1 Å². The second-order valence-corrected chi connectivity index (χ2v) is 6.80. The molecular formula is C21H28N2O3. The molecule has 0 atom stereocenters. The summed E-state index contributed by atoms with van der Waals surface area (Å²) in [5.41, 5.74) is 2.99. The van der Waals surface area contributed by atoms with Gasteiger partial charge in [-0.1, -0.05) is 12.1 Å². The van der Waals surface area contributed by atoms with Crippen LogP contribution >= 0.6 is 0 Å². The number of hydrogen-bond acceptors (Lipinski definition) is 5. The molecule has 1 aromatic carbocycles. The number of ketones is 2. The molecule has 0 saturated carbocycles. The van der Waals surface area contributed by atoms with E-state index in [0.717, 1.165) is 17.8 Å². The lowest BCUT2D eigenvalue weighted by Crippen LogP contribution is -2.30. The molecule has 1 aromatic rings. The lowest BCUT2D eigenvalue weighted by Gasteiger charge is -2.27. The van der Waals surface area contributed by atoms with E-state index in [-0.39, 0.29) is 18.2 Å². The number of likely N-dealkylation sites (N-methyl/N-ethyl adjacent to an activating group) is 1. The molecule has 0 fully saturated rings. The van der Waals surface area contributed by atoms with Gasteiger partial charge in [-0.25, -0.2) is 0 Å². The summed E-state index contributed by atoms with van der Waals surface area (Å²) in [6.07, 6.45) is 3.23. The third-order valence-electron chi connectivity index (χ3n) is 4.62. The summed E-state index contributed by atoms with van der Waals surface area (Å²) < 4.78 is 0. The maximum Gasteiger partial charge on any atom is 0.202 e. The van der Waals surface area contributed by atoms with Gasteiger partial charge in [-0.3, -0.25) is 9.59 Å². The van der Waals surface area contributed by atoms with Crippen LogP contribution in [0.5, 0.6) is 0 Å². The molecule has 0 heterocycles. The van der Waals surface area contributed by atoms with E-state index in [0.29, 0.717) is 30.3 Å². The topological polar surface area (TPSA) is 60.9 Å². The first kappa shape index (κ1) is 19.9. The third kappa shape index (κ3) is 4.61. The zero-order chi connectivity index (χ0) is 19.3. The number of nitrogens with zero attached hydrogens (tertiary/aromatic N) is 2. The Kier molecular flexibility index (Phi) is 6.75. The van der Waals surface area contributed by atoms with Gasteiger partial charge < -0.3 is 14.9 Å². The molecule has 140 valence electrons. The lowest BCUT2D eigenvalue weighted by molar-refractivity contribution is -0.116. The fraction of sp³-hybridized carbons (Fsp3) is 0.429. The largest absolute Gasteiger partial charge is 0.395 e. The van der Waals surface area contributed by atoms with Crippen molar-refractivity contribution >= 4 is 17.3 Å². The molecule has 1 aliphatic rings. The molecule has 26 heavy (non-hydrogen) atoms. The standard InChI is InChI=1S/C21H28N2O3/c1-5-23(15(2)3)18-8-6-16(7-9-18)12-17-13-21(26)19(14-20(17)25)22(4)10-11-24/h6-9,13-15,24H,5,10-12H2,1-4H3. The van der Waals surface area contributed by atoms with E-state index in [1.54, 1.807) is 11.9 Å². The normalized spacial score (nSPS) is 14.4. The third-order valence-corrected chi connectivity index (χ3v) is 4.62. The summed E-state index contributed by atoms with van der Waals surface area (Å²) in [6, 6.07) is 8.56. The van der Waals surface area contributed by atoms with Crippen molar-refractivity contribution in [3.63, 3.8) is 0 Å². The predicted molar refractivity (Wildman–Crippen MR) is 104 cm³/mol. The molecular weight excluding hydrogens is 328 g/mol. The fourth-order valence-electron chi connectivity index (χ4n) is 3.17. The predicted octanol–water partition coefficient (Wildman–Crippen LogP) is 2.35. The molecule has 0 aromatic heterocycles. The van der Waals surface area contributed by atoms with Gasteiger partial charge in [-0.15, -0.1) is 0 Å². The number of carbonyl (C=O) groups excluding carboxylic acids is 2. The second kappa shape index (κ2) is 8.81. The molecule has 0 radical (unpaired) electrons. The number of aliphatic hydroxyl groups is 1. The van der Waals surface area contributed by atoms with Crippen LogP contribution in [0.4, 0.5) is 5.69 Å². The monoisotopic (exact) mass is 356 g/mol. The van der Waals surface area contributed by atoms with E-state index in [2.05, 4.69) is 37.8 Å². The van der Waals surface area contributed by atoms with Crippen LogP contribution in [0.15, 0.2) is 47.7 Å². The van der Waals surface area contributed by atoms with Crippen LogP contribution in [0.1, 0.15) is 26.3 Å². The number of aliphatic hydroxyl groups excluding tert-OH is 1. The van der Waals surface area contributed by atoms with E-state index in [4.69, 9.17) is 5.11 Å². The minimum absolute atomic E-state index is 0.0661. The second-order valence-electron chi connectivity index (χ2n) is 6.80. The first-order valence-corrected chi connectivity index (χ1v) is 9.05. The summed E-state index contributed by atoms with van der Waals surface area (Å²) in [7, 11) is 1.69. The number of allylic oxidation sites excluding steroid dienone is 3. The highest BCUT2D eigenvalue weighted by molar-refractivity contribution is 6.19. The summed E-state index contributed by atoms with van der Waals surface area (Å²) >= 11 is 0. The van der Waals surface area contributed by atoms with Crippen LogP contribution in [0.3, 0.4) is 0 Å². The summed E-state index contributed by atoms with van der Waals surface area (Å²) in [4.78, 5) is 28.6. The molecule has 0 spiro atoms. The van der Waals surface area contributed by atoms with Crippen molar-refractivity contribution in [2.24, 2.45) is 0 Å². The highest BCUT2D eigenvalue weighted by Crippen LogP contribution is 2.21. The van der Waals surface area contributed by atoms with Gasteiger partial charge >= 0.3 is 0 Å². The van der Waals surface area contributed by atoms with Crippen LogP contribution in [0.25, 0.3) is 0 Å². The van der Waals surface area contributed by atoms with E-state index in [1.165, 1.54) is 12.2 Å². The zero-order valence-corrected chi connectivity index (χ0v) is 16.0. The Balaban J connectivity index is 2.11. The van der Waals surface area contributed by atoms with Gasteiger partial charge in [-0.05, 0) is 44.5 Å². The quantitative estimate of drug-likeness (QED) is 0.725. The van der Waals surface area contributed by atoms with Gasteiger partial charge in [0.1, 0.15) is 0 Å². The maximum absolute atomic E-state index is 12.4. The number of carbonyl (C=O) groups is 2. The van der Waals surface area contributed by atoms with E-state index < -0.39 is 0 Å². The fourth-order valence-corrected chi connectivity index (χ4v) is 3.17. The number of hydrogen-bond donors (Lipinski definition) is 1. The minimum atomic E-state index is -0.191. The number of rotatable bonds is 8. The Morgan fingerprint density at radius 2 is 1.69 bits per heavy atom. The van der Waals surface area contributed by atoms with Crippen molar-refractivity contribution in [3.05, 3.63) is 53.3 Å². The first-order chi connectivity index (χ1) is 12.4. The van der Waals surface area contributed by atoms with Gasteiger partial charge in [0.25, 0.3) is 0 Å². The van der Waals surface area contributed by atoms with Gasteiger partial charge in [-0.2, -0.15) is 0 Å². The minimum Gasteiger partial charge on any atom is -0.395 e. The van der Waals surface area contributed by atoms with Crippen LogP contribution in [0, 0.1) is 0 Å². The average Bonchev–Trinajstić information content (AvgIpc) is 2.59. The molecule has 0 saturated heterocycles. The van der Waals surface area contributed by atoms with Crippen molar-refractivity contribution < 1.29 is 14.7 Å². The molecule has 0 bridgehead atoms. The molecule has 5 heteroatoms. The molecule has 0 amide bonds. The van der Waals surface area contributed by atoms with Crippen molar-refractivity contribution in [1.29, 1.82) is 0 Å². The van der Waals surface area contributed by atoms with Crippen LogP contribution < -0.4 is 4.90 Å². The highest BCUT2D eigenvalue weighted by Gasteiger charge is 2.22. The Morgan fingerprint density at radius 1 is 1.04 bits per heavy atom. The van der Waals surface area contributed by atoms with Gasteiger partial charge in [0.05, 0.1) is 12.3 Å². The number of anilines is 1. The molecule has 2 rings (SSSR count). The maximum atomic E-state index is 12.4. The van der Waals surface area contributed by atoms with Crippen molar-refractivity contribution in [3.8, 4) is 0 Å². The highest BCUT2D eigenvalue weighted by atomic mass is 16.3. The van der Waals surface area contributed by atoms with Crippen molar-refractivity contribution in [2.45, 2.75) is 33.2 Å². The van der Waals surface area contributed by atoms with Gasteiger partial charge in [0.15, 0.2) is 5.78 Å². The van der Waals surface area contributed by atoms with Crippen LogP contribution in [-0.4, -0.2) is 54.4 Å². The SMILES string of the molecule is CCN(c1ccc(CC2=CC(=O)C(N(C)CCO)=CC2=O)cc1)C(C)C. The number of benzene rings is 1. The molecule has 1 N–H and O–H groups in total. The average molecular weight is 356 g/mol. The Bertz CT molecular complexity index is 717. The Morgan fingerprint density at radius 3 is 2.23 bits per heavy atom. The van der Waals surface area contributed by atoms with E-state index >= 15 is 0 Å². The zero-order valence-electron chi connectivity index (χ0n) is 16.0. The summed E-state index contributed by atoms with van der Waals surface area (Å²) in [6.45, 7) is 7.63. The van der Waals surface area contributed by atoms with Crippen molar-refractivity contribution in [1.82, 2.24) is 4.90 Å². The molecule has 0 unspecified atom stereocenters. The molecule has 5 nitrogen and oxygen atoms in total. The molecule has 0 aliphatic heterocycles.